The molecule has 0 saturated heterocycles. The summed E-state index contributed by atoms with van der Waals surface area (Å²) < 4.78 is 0. The molecule has 3 nitrogen and oxygen atoms in total. The Morgan fingerprint density at radius 2 is 2.29 bits per heavy atom. The highest BCUT2D eigenvalue weighted by Gasteiger charge is 2.06. The predicted octanol–water partition coefficient (Wildman–Crippen LogP) is 1.89. The van der Waals surface area contributed by atoms with Gasteiger partial charge in [0.15, 0.2) is 0 Å². The van der Waals surface area contributed by atoms with Crippen molar-refractivity contribution in [1.29, 1.82) is 5.26 Å². The predicted molar refractivity (Wildman–Crippen MR) is 55.4 cm³/mol. The molecule has 1 unspecified atom stereocenters. The van der Waals surface area contributed by atoms with Gasteiger partial charge in [-0.3, -0.25) is 4.98 Å². The zero-order valence-corrected chi connectivity index (χ0v) is 8.57. The molecule has 0 aliphatic carbocycles. The maximum atomic E-state index is 8.61. The number of nitriles is 1. The number of rotatable bonds is 4. The van der Waals surface area contributed by atoms with Gasteiger partial charge in [0.25, 0.3) is 0 Å². The Kier molecular flexibility index (Phi) is 4.09. The molecule has 74 valence electrons. The van der Waals surface area contributed by atoms with Gasteiger partial charge in [0.1, 0.15) is 0 Å². The van der Waals surface area contributed by atoms with Gasteiger partial charge in [0.05, 0.1) is 17.7 Å². The van der Waals surface area contributed by atoms with Crippen molar-refractivity contribution < 1.29 is 0 Å². The molecule has 0 bridgehead atoms. The highest BCUT2D eigenvalue weighted by molar-refractivity contribution is 5.07. The lowest BCUT2D eigenvalue weighted by atomic mass is 10.1. The fraction of sp³-hybridized carbons (Fsp3) is 0.455. The number of aromatic nitrogens is 1. The summed E-state index contributed by atoms with van der Waals surface area (Å²) in [6.07, 6.45) is 1.78. The van der Waals surface area contributed by atoms with Gasteiger partial charge in [-0.2, -0.15) is 5.26 Å². The van der Waals surface area contributed by atoms with Crippen LogP contribution in [-0.4, -0.2) is 11.5 Å². The number of nitrogens with one attached hydrogen (secondary N) is 1. The minimum atomic E-state index is 0.0427. The Labute approximate surface area is 84.8 Å². The van der Waals surface area contributed by atoms with E-state index in [0.717, 1.165) is 5.69 Å². The highest BCUT2D eigenvalue weighted by atomic mass is 14.9. The first-order valence-electron chi connectivity index (χ1n) is 4.78. The van der Waals surface area contributed by atoms with E-state index in [4.69, 9.17) is 5.26 Å². The third-order valence-corrected chi connectivity index (χ3v) is 2.08. The molecule has 1 N–H and O–H groups in total. The Morgan fingerprint density at radius 1 is 1.50 bits per heavy atom. The molecule has 0 radical (unpaired) electrons. The summed E-state index contributed by atoms with van der Waals surface area (Å²) in [7, 11) is 0. The Balaban J connectivity index is 2.44. The van der Waals surface area contributed by atoms with Crippen molar-refractivity contribution in [3.8, 4) is 6.07 Å². The Bertz CT molecular complexity index is 302. The topological polar surface area (TPSA) is 48.7 Å². The second-order valence-electron chi connectivity index (χ2n) is 3.41. The van der Waals surface area contributed by atoms with Gasteiger partial charge >= 0.3 is 0 Å². The second kappa shape index (κ2) is 5.36. The standard InChI is InChI=1S/C11H15N3/c1-9(7-12)8-14-10(2)11-5-3-4-6-13-11/h3-6,9-10,14H,8H2,1-2H3/t9?,10-/m1/s1. The van der Waals surface area contributed by atoms with Crippen LogP contribution in [0.4, 0.5) is 0 Å². The van der Waals surface area contributed by atoms with Gasteiger partial charge in [-0.1, -0.05) is 6.07 Å². The van der Waals surface area contributed by atoms with Crippen LogP contribution in [-0.2, 0) is 0 Å². The fourth-order valence-corrected chi connectivity index (χ4v) is 1.14. The fourth-order valence-electron chi connectivity index (χ4n) is 1.14. The van der Waals surface area contributed by atoms with Crippen LogP contribution in [0.1, 0.15) is 25.6 Å². The largest absolute Gasteiger partial charge is 0.308 e. The van der Waals surface area contributed by atoms with Crippen molar-refractivity contribution in [2.24, 2.45) is 5.92 Å². The number of hydrogen-bond acceptors (Lipinski definition) is 3. The molecule has 0 aliphatic rings. The summed E-state index contributed by atoms with van der Waals surface area (Å²) >= 11 is 0. The van der Waals surface area contributed by atoms with E-state index in [9.17, 15) is 0 Å². The van der Waals surface area contributed by atoms with E-state index in [1.54, 1.807) is 6.20 Å². The van der Waals surface area contributed by atoms with Crippen molar-refractivity contribution in [1.82, 2.24) is 10.3 Å². The smallest absolute Gasteiger partial charge is 0.0666 e. The van der Waals surface area contributed by atoms with Crippen LogP contribution in [0.3, 0.4) is 0 Å². The minimum Gasteiger partial charge on any atom is -0.308 e. The molecule has 0 spiro atoms. The number of hydrogen-bond donors (Lipinski definition) is 1. The van der Waals surface area contributed by atoms with E-state index >= 15 is 0 Å². The Morgan fingerprint density at radius 3 is 2.86 bits per heavy atom. The lowest BCUT2D eigenvalue weighted by molar-refractivity contribution is 0.519. The maximum Gasteiger partial charge on any atom is 0.0666 e. The van der Waals surface area contributed by atoms with Crippen LogP contribution < -0.4 is 5.32 Å². The SMILES string of the molecule is CC(C#N)CN[C@H](C)c1ccccn1. The molecule has 1 rings (SSSR count). The molecule has 2 atom stereocenters. The van der Waals surface area contributed by atoms with Crippen LogP contribution in [0.25, 0.3) is 0 Å². The number of nitrogens with zero attached hydrogens (tertiary/aromatic N) is 2. The van der Waals surface area contributed by atoms with Gasteiger partial charge in [0, 0.05) is 18.8 Å². The summed E-state index contributed by atoms with van der Waals surface area (Å²) in [6.45, 7) is 4.65. The zero-order valence-electron chi connectivity index (χ0n) is 8.57. The van der Waals surface area contributed by atoms with Gasteiger partial charge < -0.3 is 5.32 Å². The van der Waals surface area contributed by atoms with Crippen molar-refractivity contribution in [3.05, 3.63) is 30.1 Å². The van der Waals surface area contributed by atoms with Crippen molar-refractivity contribution in [3.63, 3.8) is 0 Å². The lowest BCUT2D eigenvalue weighted by Gasteiger charge is -2.13. The van der Waals surface area contributed by atoms with Gasteiger partial charge in [0.2, 0.25) is 0 Å². The molecule has 1 aromatic heterocycles. The van der Waals surface area contributed by atoms with E-state index in [-0.39, 0.29) is 12.0 Å². The van der Waals surface area contributed by atoms with E-state index < -0.39 is 0 Å². The molecular weight excluding hydrogens is 174 g/mol. The van der Waals surface area contributed by atoms with Crippen LogP contribution in [0.5, 0.6) is 0 Å². The van der Waals surface area contributed by atoms with Gasteiger partial charge in [-0.05, 0) is 26.0 Å². The average Bonchev–Trinajstić information content (AvgIpc) is 2.26. The quantitative estimate of drug-likeness (QED) is 0.786. The van der Waals surface area contributed by atoms with E-state index in [1.807, 2.05) is 32.0 Å². The molecular formula is C11H15N3. The third kappa shape index (κ3) is 3.15. The zero-order chi connectivity index (χ0) is 10.4. The summed E-state index contributed by atoms with van der Waals surface area (Å²) in [6, 6.07) is 8.23. The first-order chi connectivity index (χ1) is 6.74. The van der Waals surface area contributed by atoms with Crippen LogP contribution >= 0.6 is 0 Å². The van der Waals surface area contributed by atoms with Crippen LogP contribution in [0.2, 0.25) is 0 Å². The third-order valence-electron chi connectivity index (χ3n) is 2.08. The molecule has 1 heterocycles. The van der Waals surface area contributed by atoms with E-state index in [2.05, 4.69) is 16.4 Å². The lowest BCUT2D eigenvalue weighted by Crippen LogP contribution is -2.24. The van der Waals surface area contributed by atoms with Gasteiger partial charge in [-0.15, -0.1) is 0 Å². The van der Waals surface area contributed by atoms with Crippen molar-refractivity contribution in [2.75, 3.05) is 6.54 Å². The average molecular weight is 189 g/mol. The second-order valence-corrected chi connectivity index (χ2v) is 3.41. The minimum absolute atomic E-state index is 0.0427. The summed E-state index contributed by atoms with van der Waals surface area (Å²) in [5.74, 6) is 0.0427. The van der Waals surface area contributed by atoms with Gasteiger partial charge in [-0.25, -0.2) is 0 Å². The van der Waals surface area contributed by atoms with E-state index in [1.165, 1.54) is 0 Å². The molecule has 0 saturated carbocycles. The number of pyridine rings is 1. The summed E-state index contributed by atoms with van der Waals surface area (Å²) in [4.78, 5) is 4.24. The Hall–Kier alpha value is -1.40. The molecule has 0 fully saturated rings. The molecule has 0 aliphatic heterocycles. The van der Waals surface area contributed by atoms with Crippen molar-refractivity contribution in [2.45, 2.75) is 19.9 Å². The van der Waals surface area contributed by atoms with Crippen LogP contribution in [0, 0.1) is 17.2 Å². The maximum absolute atomic E-state index is 8.61. The molecule has 14 heavy (non-hydrogen) atoms. The molecule has 1 aromatic rings. The monoisotopic (exact) mass is 189 g/mol. The normalized spacial score (nSPS) is 14.4. The molecule has 0 amide bonds. The molecule has 3 heteroatoms. The summed E-state index contributed by atoms with van der Waals surface area (Å²) in [5.41, 5.74) is 1.01. The highest BCUT2D eigenvalue weighted by Crippen LogP contribution is 2.07. The van der Waals surface area contributed by atoms with E-state index in [0.29, 0.717) is 6.54 Å². The molecule has 0 aromatic carbocycles. The van der Waals surface area contributed by atoms with Crippen LogP contribution in [0.15, 0.2) is 24.4 Å². The van der Waals surface area contributed by atoms with Crippen molar-refractivity contribution >= 4 is 0 Å². The first-order valence-corrected chi connectivity index (χ1v) is 4.78. The first kappa shape index (κ1) is 10.7. The summed E-state index contributed by atoms with van der Waals surface area (Å²) in [5, 5.41) is 11.9.